The predicted molar refractivity (Wildman–Crippen MR) is 92.1 cm³/mol. The van der Waals surface area contributed by atoms with E-state index in [1.54, 1.807) is 0 Å². The first-order chi connectivity index (χ1) is 11.4. The Kier molecular flexibility index (Phi) is 2.39. The molecule has 1 fully saturated rings. The van der Waals surface area contributed by atoms with Crippen LogP contribution in [0.5, 0.6) is 0 Å². The maximum absolute atomic E-state index is 12.2. The van der Waals surface area contributed by atoms with Crippen LogP contribution < -0.4 is 0 Å². The van der Waals surface area contributed by atoms with Gasteiger partial charge in [-0.3, -0.25) is 4.79 Å². The average Bonchev–Trinajstić information content (AvgIpc) is 2.93. The van der Waals surface area contributed by atoms with Gasteiger partial charge < -0.3 is 5.11 Å². The highest BCUT2D eigenvalue weighted by atomic mass is 16.4. The number of benzene rings is 2. The highest BCUT2D eigenvalue weighted by Gasteiger charge is 2.68. The van der Waals surface area contributed by atoms with Gasteiger partial charge in [0.15, 0.2) is 0 Å². The molecule has 1 saturated carbocycles. The molecule has 1 heterocycles. The van der Waals surface area contributed by atoms with E-state index in [2.05, 4.69) is 26.0 Å². The lowest BCUT2D eigenvalue weighted by molar-refractivity contribution is -0.147. The third-order valence-electron chi connectivity index (χ3n) is 6.44. The normalized spacial score (nSPS) is 26.8. The third kappa shape index (κ3) is 1.38. The molecule has 0 unspecified atom stereocenters. The zero-order valence-corrected chi connectivity index (χ0v) is 13.7. The summed E-state index contributed by atoms with van der Waals surface area (Å²) in [5.41, 5.74) is 1.99. The van der Waals surface area contributed by atoms with E-state index in [4.69, 9.17) is 9.97 Å². The minimum absolute atomic E-state index is 0.173. The predicted octanol–water partition coefficient (Wildman–Crippen LogP) is 4.02. The van der Waals surface area contributed by atoms with Crippen molar-refractivity contribution in [1.82, 2.24) is 9.97 Å². The molecule has 2 bridgehead atoms. The molecule has 2 aliphatic carbocycles. The number of hydrogen-bond acceptors (Lipinski definition) is 3. The van der Waals surface area contributed by atoms with E-state index < -0.39 is 11.4 Å². The lowest BCUT2D eigenvalue weighted by atomic mass is 9.68. The molecular formula is C20H18N2O2. The molecule has 5 rings (SSSR count). The van der Waals surface area contributed by atoms with Gasteiger partial charge in [-0.1, -0.05) is 38.1 Å². The first-order valence-electron chi connectivity index (χ1n) is 8.39. The van der Waals surface area contributed by atoms with Crippen LogP contribution in [-0.4, -0.2) is 21.0 Å². The van der Waals surface area contributed by atoms with E-state index in [-0.39, 0.29) is 11.3 Å². The van der Waals surface area contributed by atoms with Gasteiger partial charge in [-0.05, 0) is 41.2 Å². The first kappa shape index (κ1) is 13.9. The van der Waals surface area contributed by atoms with Crippen LogP contribution in [0.15, 0.2) is 36.4 Å². The van der Waals surface area contributed by atoms with E-state index in [1.807, 2.05) is 24.3 Å². The Morgan fingerprint density at radius 3 is 2.38 bits per heavy atom. The van der Waals surface area contributed by atoms with Gasteiger partial charge in [0.05, 0.1) is 22.4 Å². The first-order valence-corrected chi connectivity index (χ1v) is 8.39. The van der Waals surface area contributed by atoms with Crippen LogP contribution in [0.1, 0.15) is 44.0 Å². The fraction of sp³-hybridized carbons (Fsp3) is 0.350. The third-order valence-corrected chi connectivity index (χ3v) is 6.44. The summed E-state index contributed by atoms with van der Waals surface area (Å²) in [6.45, 7) is 4.12. The van der Waals surface area contributed by atoms with Crippen LogP contribution in [0.2, 0.25) is 0 Å². The molecule has 0 radical (unpaired) electrons. The second kappa shape index (κ2) is 4.12. The van der Waals surface area contributed by atoms with Crippen LogP contribution in [-0.2, 0) is 10.2 Å². The number of carbonyl (C=O) groups is 1. The minimum atomic E-state index is -0.903. The topological polar surface area (TPSA) is 63.1 Å². The number of nitrogens with zero attached hydrogens (tertiary/aromatic N) is 2. The van der Waals surface area contributed by atoms with Crippen LogP contribution in [0.25, 0.3) is 21.8 Å². The Morgan fingerprint density at radius 2 is 1.75 bits per heavy atom. The Bertz CT molecular complexity index is 1040. The van der Waals surface area contributed by atoms with E-state index in [1.165, 1.54) is 0 Å². The Hall–Kier alpha value is -2.49. The summed E-state index contributed by atoms with van der Waals surface area (Å²) in [5, 5.41) is 12.3. The molecule has 2 aliphatic rings. The van der Waals surface area contributed by atoms with Gasteiger partial charge in [-0.15, -0.1) is 0 Å². The number of carboxylic acids is 1. The largest absolute Gasteiger partial charge is 0.481 e. The van der Waals surface area contributed by atoms with Crippen LogP contribution in [0.3, 0.4) is 0 Å². The molecule has 0 spiro atoms. The lowest BCUT2D eigenvalue weighted by Crippen LogP contribution is -2.43. The summed E-state index contributed by atoms with van der Waals surface area (Å²) in [6.07, 6.45) is 1.53. The molecule has 4 heteroatoms. The molecule has 0 saturated heterocycles. The number of rotatable bonds is 1. The van der Waals surface area contributed by atoms with Crippen molar-refractivity contribution in [2.24, 2.45) is 5.41 Å². The van der Waals surface area contributed by atoms with Crippen molar-refractivity contribution in [1.29, 1.82) is 0 Å². The standard InChI is InChI=1S/C20H18N2O2/c1-19(2)13-7-8-20(19,18(23)24)17-16(13)21-14-9-11-5-3-4-6-12(11)10-15(14)22-17/h3-6,9-10,13H,7-8H2,1-2H3,(H,23,24)/t13-,20+/m0/s1. The smallest absolute Gasteiger partial charge is 0.316 e. The van der Waals surface area contributed by atoms with Gasteiger partial charge in [0.25, 0.3) is 0 Å². The maximum Gasteiger partial charge on any atom is 0.316 e. The number of carboxylic acid groups (broad SMARTS) is 1. The highest BCUT2D eigenvalue weighted by molar-refractivity contribution is 5.95. The lowest BCUT2D eigenvalue weighted by Gasteiger charge is -2.33. The Labute approximate surface area is 139 Å². The molecule has 0 aliphatic heterocycles. The molecule has 0 amide bonds. The number of hydrogen-bond donors (Lipinski definition) is 1. The second-order valence-corrected chi connectivity index (χ2v) is 7.67. The fourth-order valence-electron chi connectivity index (χ4n) is 5.04. The minimum Gasteiger partial charge on any atom is -0.481 e. The van der Waals surface area contributed by atoms with Gasteiger partial charge in [-0.25, -0.2) is 9.97 Å². The van der Waals surface area contributed by atoms with Gasteiger partial charge in [0.2, 0.25) is 0 Å². The summed E-state index contributed by atoms with van der Waals surface area (Å²) < 4.78 is 0. The summed E-state index contributed by atoms with van der Waals surface area (Å²) >= 11 is 0. The van der Waals surface area contributed by atoms with Gasteiger partial charge in [-0.2, -0.15) is 0 Å². The monoisotopic (exact) mass is 318 g/mol. The summed E-state index contributed by atoms with van der Waals surface area (Å²) in [5.74, 6) is -0.588. The summed E-state index contributed by atoms with van der Waals surface area (Å²) in [4.78, 5) is 22.0. The zero-order chi connectivity index (χ0) is 16.7. The van der Waals surface area contributed by atoms with E-state index in [0.717, 1.165) is 33.9 Å². The second-order valence-electron chi connectivity index (χ2n) is 7.67. The van der Waals surface area contributed by atoms with Gasteiger partial charge >= 0.3 is 5.97 Å². The Balaban J connectivity index is 1.87. The van der Waals surface area contributed by atoms with E-state index in [9.17, 15) is 9.90 Å². The Morgan fingerprint density at radius 1 is 1.12 bits per heavy atom. The fourth-order valence-corrected chi connectivity index (χ4v) is 5.04. The average molecular weight is 318 g/mol. The quantitative estimate of drug-likeness (QED) is 0.688. The molecule has 4 nitrogen and oxygen atoms in total. The van der Waals surface area contributed by atoms with Gasteiger partial charge in [0.1, 0.15) is 5.41 Å². The maximum atomic E-state index is 12.2. The van der Waals surface area contributed by atoms with Crippen molar-refractivity contribution in [3.05, 3.63) is 47.8 Å². The zero-order valence-electron chi connectivity index (χ0n) is 13.7. The molecule has 2 atom stereocenters. The molecule has 1 aromatic heterocycles. The van der Waals surface area contributed by atoms with Crippen molar-refractivity contribution in [3.63, 3.8) is 0 Å². The summed E-state index contributed by atoms with van der Waals surface area (Å²) in [6, 6.07) is 12.2. The molecule has 24 heavy (non-hydrogen) atoms. The van der Waals surface area contributed by atoms with Crippen molar-refractivity contribution in [2.45, 2.75) is 38.0 Å². The van der Waals surface area contributed by atoms with Crippen molar-refractivity contribution < 1.29 is 9.90 Å². The molecule has 120 valence electrons. The van der Waals surface area contributed by atoms with Crippen molar-refractivity contribution in [2.75, 3.05) is 0 Å². The van der Waals surface area contributed by atoms with Crippen LogP contribution in [0.4, 0.5) is 0 Å². The van der Waals surface area contributed by atoms with E-state index in [0.29, 0.717) is 12.1 Å². The highest BCUT2D eigenvalue weighted by Crippen LogP contribution is 2.67. The molecule has 3 aromatic rings. The molecular weight excluding hydrogens is 300 g/mol. The van der Waals surface area contributed by atoms with Crippen molar-refractivity contribution in [3.8, 4) is 0 Å². The number of aromatic nitrogens is 2. The van der Waals surface area contributed by atoms with Crippen LogP contribution >= 0.6 is 0 Å². The van der Waals surface area contributed by atoms with Gasteiger partial charge in [0, 0.05) is 5.92 Å². The van der Waals surface area contributed by atoms with E-state index >= 15 is 0 Å². The van der Waals surface area contributed by atoms with Crippen molar-refractivity contribution >= 4 is 27.8 Å². The van der Waals surface area contributed by atoms with Crippen LogP contribution in [0, 0.1) is 5.41 Å². The molecule has 1 N–H and O–H groups in total. The molecule has 2 aromatic carbocycles. The number of aliphatic carboxylic acids is 1. The number of fused-ring (bicyclic) bond motifs is 7. The SMILES string of the molecule is CC1(C)[C@H]2CC[C@]1(C(=O)O)c1nc3cc4ccccc4cc3nc12. The summed E-state index contributed by atoms with van der Waals surface area (Å²) in [7, 11) is 0.